The van der Waals surface area contributed by atoms with E-state index in [9.17, 15) is 5.26 Å². The third-order valence-electron chi connectivity index (χ3n) is 5.43. The average Bonchev–Trinajstić information content (AvgIpc) is 3.27. The summed E-state index contributed by atoms with van der Waals surface area (Å²) >= 11 is 0. The standard InChI is InChI=1S/C27H26N4O/c1-3-31(4-2)23-15-14-21(26(17-23)32-19-20-10-6-5-7-11-20)16-22(18-28)27-29-24-12-8-9-13-25(24)30-27/h5-17H,3-4,19H2,1-2H3,(H,29,30)/b22-16+. The fraction of sp³-hybridized carbons (Fsp3) is 0.185. The first-order valence-electron chi connectivity index (χ1n) is 10.8. The van der Waals surface area contributed by atoms with Crippen molar-refractivity contribution >= 4 is 28.4 Å². The molecule has 4 aromatic rings. The zero-order valence-electron chi connectivity index (χ0n) is 18.4. The Balaban J connectivity index is 1.72. The first kappa shape index (κ1) is 21.2. The Bertz CT molecular complexity index is 1230. The SMILES string of the molecule is CCN(CC)c1ccc(/C=C(\C#N)c2nc3ccccc3[nH]2)c(OCc2ccccc2)c1. The Labute approximate surface area is 188 Å². The lowest BCUT2D eigenvalue weighted by atomic mass is 10.1. The summed E-state index contributed by atoms with van der Waals surface area (Å²) in [6.07, 6.45) is 1.84. The number of nitrogens with one attached hydrogen (secondary N) is 1. The van der Waals surface area contributed by atoms with Crippen LogP contribution in [0.2, 0.25) is 0 Å². The van der Waals surface area contributed by atoms with Crippen LogP contribution in [0.15, 0.2) is 72.8 Å². The first-order valence-corrected chi connectivity index (χ1v) is 10.8. The molecular weight excluding hydrogens is 396 g/mol. The molecule has 160 valence electrons. The van der Waals surface area contributed by atoms with Crippen LogP contribution in [0, 0.1) is 11.3 Å². The second-order valence-corrected chi connectivity index (χ2v) is 7.44. The van der Waals surface area contributed by atoms with Crippen LogP contribution in [0.4, 0.5) is 5.69 Å². The van der Waals surface area contributed by atoms with Gasteiger partial charge in [0.15, 0.2) is 0 Å². The minimum absolute atomic E-state index is 0.454. The number of rotatable bonds is 8. The van der Waals surface area contributed by atoms with Gasteiger partial charge in [-0.3, -0.25) is 0 Å². The van der Waals surface area contributed by atoms with Gasteiger partial charge >= 0.3 is 0 Å². The van der Waals surface area contributed by atoms with E-state index in [4.69, 9.17) is 4.74 Å². The number of imidazole rings is 1. The van der Waals surface area contributed by atoms with E-state index in [1.807, 2.05) is 66.7 Å². The van der Waals surface area contributed by atoms with E-state index >= 15 is 0 Å². The summed E-state index contributed by atoms with van der Waals surface area (Å²) in [6.45, 7) is 6.54. The number of allylic oxidation sites excluding steroid dienone is 1. The fourth-order valence-electron chi connectivity index (χ4n) is 3.68. The van der Waals surface area contributed by atoms with Gasteiger partial charge in [0, 0.05) is 30.4 Å². The molecule has 0 fully saturated rings. The van der Waals surface area contributed by atoms with Crippen LogP contribution < -0.4 is 9.64 Å². The van der Waals surface area contributed by atoms with Crippen LogP contribution in [0.5, 0.6) is 5.75 Å². The number of fused-ring (bicyclic) bond motifs is 1. The molecule has 0 amide bonds. The summed E-state index contributed by atoms with van der Waals surface area (Å²) in [5, 5.41) is 9.86. The normalized spacial score (nSPS) is 11.3. The maximum absolute atomic E-state index is 9.86. The van der Waals surface area contributed by atoms with Crippen molar-refractivity contribution < 1.29 is 4.74 Å². The Morgan fingerprint density at radius 3 is 2.50 bits per heavy atom. The van der Waals surface area contributed by atoms with Gasteiger partial charge in [0.25, 0.3) is 0 Å². The maximum atomic E-state index is 9.86. The molecule has 0 radical (unpaired) electrons. The molecule has 0 unspecified atom stereocenters. The van der Waals surface area contributed by atoms with Crippen LogP contribution >= 0.6 is 0 Å². The molecule has 0 bridgehead atoms. The molecule has 0 aliphatic carbocycles. The molecule has 5 nitrogen and oxygen atoms in total. The summed E-state index contributed by atoms with van der Waals surface area (Å²) in [7, 11) is 0. The van der Waals surface area contributed by atoms with E-state index in [0.717, 1.165) is 46.7 Å². The number of hydrogen-bond acceptors (Lipinski definition) is 4. The number of ether oxygens (including phenoxy) is 1. The lowest BCUT2D eigenvalue weighted by molar-refractivity contribution is 0.305. The molecule has 5 heteroatoms. The van der Waals surface area contributed by atoms with Crippen LogP contribution in [0.1, 0.15) is 30.8 Å². The molecule has 0 aliphatic rings. The summed E-state index contributed by atoms with van der Waals surface area (Å²) in [4.78, 5) is 10.1. The molecule has 0 aliphatic heterocycles. The number of benzene rings is 3. The van der Waals surface area contributed by atoms with E-state index in [-0.39, 0.29) is 0 Å². The summed E-state index contributed by atoms with van der Waals surface area (Å²) in [5.41, 5.74) is 5.23. The minimum atomic E-state index is 0.454. The van der Waals surface area contributed by atoms with Gasteiger partial charge < -0.3 is 14.6 Å². The third-order valence-corrected chi connectivity index (χ3v) is 5.43. The van der Waals surface area contributed by atoms with E-state index in [1.165, 1.54) is 0 Å². The second-order valence-electron chi connectivity index (χ2n) is 7.44. The van der Waals surface area contributed by atoms with Gasteiger partial charge in [-0.2, -0.15) is 5.26 Å². The van der Waals surface area contributed by atoms with E-state index in [0.29, 0.717) is 18.0 Å². The zero-order valence-corrected chi connectivity index (χ0v) is 18.4. The van der Waals surface area contributed by atoms with Crippen LogP contribution in [-0.2, 0) is 6.61 Å². The summed E-state index contributed by atoms with van der Waals surface area (Å²) < 4.78 is 6.23. The van der Waals surface area contributed by atoms with E-state index in [2.05, 4.69) is 46.9 Å². The van der Waals surface area contributed by atoms with Crippen molar-refractivity contribution in [1.29, 1.82) is 5.26 Å². The van der Waals surface area contributed by atoms with Crippen LogP contribution in [0.25, 0.3) is 22.7 Å². The predicted octanol–water partition coefficient (Wildman–Crippen LogP) is 6.05. The van der Waals surface area contributed by atoms with Crippen molar-refractivity contribution in [2.75, 3.05) is 18.0 Å². The van der Waals surface area contributed by atoms with Crippen molar-refractivity contribution in [3.8, 4) is 11.8 Å². The monoisotopic (exact) mass is 422 g/mol. The number of anilines is 1. The number of H-pyrrole nitrogens is 1. The average molecular weight is 423 g/mol. The molecule has 32 heavy (non-hydrogen) atoms. The second kappa shape index (κ2) is 9.84. The fourth-order valence-corrected chi connectivity index (χ4v) is 3.68. The van der Waals surface area contributed by atoms with Crippen molar-refractivity contribution in [3.05, 3.63) is 89.7 Å². The smallest absolute Gasteiger partial charge is 0.149 e. The molecule has 0 spiro atoms. The van der Waals surface area contributed by atoms with Gasteiger partial charge in [0.1, 0.15) is 24.3 Å². The van der Waals surface area contributed by atoms with Gasteiger partial charge in [-0.1, -0.05) is 42.5 Å². The molecule has 1 N–H and O–H groups in total. The number of aromatic nitrogens is 2. The van der Waals surface area contributed by atoms with Crippen molar-refractivity contribution in [3.63, 3.8) is 0 Å². The van der Waals surface area contributed by atoms with Crippen molar-refractivity contribution in [2.45, 2.75) is 20.5 Å². The number of aromatic amines is 1. The summed E-state index contributed by atoms with van der Waals surface area (Å²) in [6, 6.07) is 26.3. The highest BCUT2D eigenvalue weighted by molar-refractivity contribution is 5.91. The van der Waals surface area contributed by atoms with Crippen LogP contribution in [-0.4, -0.2) is 23.1 Å². The Kier molecular flexibility index (Phi) is 6.52. The summed E-state index contributed by atoms with van der Waals surface area (Å²) in [5.74, 6) is 1.29. The molecule has 0 atom stereocenters. The topological polar surface area (TPSA) is 64.9 Å². The predicted molar refractivity (Wildman–Crippen MR) is 130 cm³/mol. The molecule has 0 saturated carbocycles. The highest BCUT2D eigenvalue weighted by Crippen LogP contribution is 2.30. The molecule has 1 heterocycles. The number of para-hydroxylation sites is 2. The highest BCUT2D eigenvalue weighted by Gasteiger charge is 2.12. The Morgan fingerprint density at radius 1 is 1.03 bits per heavy atom. The Morgan fingerprint density at radius 2 is 1.78 bits per heavy atom. The lowest BCUT2D eigenvalue weighted by Crippen LogP contribution is -2.21. The maximum Gasteiger partial charge on any atom is 0.149 e. The van der Waals surface area contributed by atoms with Crippen molar-refractivity contribution in [1.82, 2.24) is 9.97 Å². The molecular formula is C27H26N4O. The highest BCUT2D eigenvalue weighted by atomic mass is 16.5. The van der Waals surface area contributed by atoms with E-state index < -0.39 is 0 Å². The number of hydrogen-bond donors (Lipinski definition) is 1. The number of nitrogens with zero attached hydrogens (tertiary/aromatic N) is 3. The molecule has 0 saturated heterocycles. The van der Waals surface area contributed by atoms with Gasteiger partial charge in [-0.15, -0.1) is 0 Å². The number of nitriles is 1. The van der Waals surface area contributed by atoms with Crippen molar-refractivity contribution in [2.24, 2.45) is 0 Å². The van der Waals surface area contributed by atoms with Gasteiger partial charge in [0.05, 0.1) is 16.6 Å². The molecule has 4 rings (SSSR count). The van der Waals surface area contributed by atoms with Gasteiger partial charge in [0.2, 0.25) is 0 Å². The quantitative estimate of drug-likeness (QED) is 0.351. The van der Waals surface area contributed by atoms with Gasteiger partial charge in [-0.25, -0.2) is 4.98 Å². The zero-order chi connectivity index (χ0) is 22.3. The Hall–Kier alpha value is -4.04. The third kappa shape index (κ3) is 4.65. The van der Waals surface area contributed by atoms with Gasteiger partial charge in [-0.05, 0) is 49.8 Å². The lowest BCUT2D eigenvalue weighted by Gasteiger charge is -2.22. The van der Waals surface area contributed by atoms with E-state index in [1.54, 1.807) is 0 Å². The molecule has 1 aromatic heterocycles. The minimum Gasteiger partial charge on any atom is -0.488 e. The first-order chi connectivity index (χ1) is 15.7. The van der Waals surface area contributed by atoms with Crippen LogP contribution in [0.3, 0.4) is 0 Å². The molecule has 3 aromatic carbocycles. The largest absolute Gasteiger partial charge is 0.488 e.